The summed E-state index contributed by atoms with van der Waals surface area (Å²) in [7, 11) is 1.47. The first-order valence-corrected chi connectivity index (χ1v) is 8.93. The number of cyclic esters (lactones) is 1. The normalized spacial score (nSPS) is 22.3. The molecule has 0 aromatic heterocycles. The third-order valence-corrected chi connectivity index (χ3v) is 4.78. The Morgan fingerprint density at radius 1 is 1.29 bits per heavy atom. The standard InChI is InChI=1S/C19H26F3NO5/c1-17(2)8-9-18(11-27-12-26-3,23-16(25)28-17)7-6-13-4-5-15(24)14(10-13)19(20,21)22/h4-5,10,24H,6-9,11-12H2,1-3H3,(H,23,25)/t18-/m1/s1. The van der Waals surface area contributed by atoms with Gasteiger partial charge in [0.25, 0.3) is 0 Å². The van der Waals surface area contributed by atoms with Gasteiger partial charge in [-0.1, -0.05) is 6.07 Å². The Labute approximate surface area is 162 Å². The van der Waals surface area contributed by atoms with Gasteiger partial charge in [0.1, 0.15) is 18.1 Å². The summed E-state index contributed by atoms with van der Waals surface area (Å²) in [6.07, 6.45) is -3.56. The van der Waals surface area contributed by atoms with Crippen LogP contribution in [0.2, 0.25) is 0 Å². The van der Waals surface area contributed by atoms with Crippen LogP contribution in [0.5, 0.6) is 5.75 Å². The maximum Gasteiger partial charge on any atom is 0.419 e. The van der Waals surface area contributed by atoms with Gasteiger partial charge in [-0.2, -0.15) is 13.2 Å². The summed E-state index contributed by atoms with van der Waals surface area (Å²) >= 11 is 0. The number of aryl methyl sites for hydroxylation is 1. The maximum absolute atomic E-state index is 13.0. The number of aromatic hydroxyl groups is 1. The predicted molar refractivity (Wildman–Crippen MR) is 94.9 cm³/mol. The van der Waals surface area contributed by atoms with Gasteiger partial charge in [-0.15, -0.1) is 0 Å². The molecule has 0 radical (unpaired) electrons. The molecule has 1 saturated heterocycles. The molecule has 6 nitrogen and oxygen atoms in total. The number of ether oxygens (including phenoxy) is 3. The number of carbonyl (C=O) groups excluding carboxylic acids is 1. The number of alkyl halides is 3. The van der Waals surface area contributed by atoms with E-state index in [0.717, 1.165) is 12.1 Å². The highest BCUT2D eigenvalue weighted by molar-refractivity contribution is 5.69. The number of phenols is 1. The molecule has 0 unspecified atom stereocenters. The van der Waals surface area contributed by atoms with Gasteiger partial charge in [-0.25, -0.2) is 4.79 Å². The molecule has 1 aliphatic heterocycles. The first kappa shape index (κ1) is 22.3. The molecule has 1 heterocycles. The van der Waals surface area contributed by atoms with Crippen LogP contribution in [-0.2, 0) is 26.8 Å². The first-order chi connectivity index (χ1) is 13.0. The van der Waals surface area contributed by atoms with E-state index >= 15 is 0 Å². The quantitative estimate of drug-likeness (QED) is 0.530. The second kappa shape index (κ2) is 8.57. The third kappa shape index (κ3) is 6.00. The number of halogens is 3. The molecule has 1 aliphatic rings. The minimum atomic E-state index is -4.65. The van der Waals surface area contributed by atoms with Crippen molar-refractivity contribution in [1.82, 2.24) is 5.32 Å². The molecule has 2 rings (SSSR count). The van der Waals surface area contributed by atoms with Crippen LogP contribution in [0.25, 0.3) is 0 Å². The summed E-state index contributed by atoms with van der Waals surface area (Å²) in [6.45, 7) is 3.76. The third-order valence-electron chi connectivity index (χ3n) is 4.78. The molecule has 0 bridgehead atoms. The molecule has 1 aromatic carbocycles. The van der Waals surface area contributed by atoms with Crippen molar-refractivity contribution < 1.29 is 37.3 Å². The van der Waals surface area contributed by atoms with Gasteiger partial charge in [0.05, 0.1) is 17.7 Å². The molecule has 9 heteroatoms. The molecule has 0 spiro atoms. The van der Waals surface area contributed by atoms with E-state index in [1.54, 1.807) is 13.8 Å². The van der Waals surface area contributed by atoms with Crippen LogP contribution in [0.4, 0.5) is 18.0 Å². The molecule has 1 aromatic rings. The van der Waals surface area contributed by atoms with E-state index < -0.39 is 34.7 Å². The summed E-state index contributed by atoms with van der Waals surface area (Å²) < 4.78 is 54.8. The minimum absolute atomic E-state index is 0.0271. The molecule has 1 fully saturated rings. The van der Waals surface area contributed by atoms with E-state index in [1.165, 1.54) is 13.2 Å². The van der Waals surface area contributed by atoms with Crippen molar-refractivity contribution in [1.29, 1.82) is 0 Å². The summed E-state index contributed by atoms with van der Waals surface area (Å²) in [4.78, 5) is 12.2. The van der Waals surface area contributed by atoms with Crippen molar-refractivity contribution in [3.63, 3.8) is 0 Å². The van der Waals surface area contributed by atoms with Crippen LogP contribution in [-0.4, -0.2) is 42.8 Å². The van der Waals surface area contributed by atoms with Crippen LogP contribution in [0.15, 0.2) is 18.2 Å². The number of hydrogen-bond acceptors (Lipinski definition) is 5. The highest BCUT2D eigenvalue weighted by Crippen LogP contribution is 2.37. The summed E-state index contributed by atoms with van der Waals surface area (Å²) in [5, 5.41) is 12.3. The number of alkyl carbamates (subject to hydrolysis) is 1. The fraction of sp³-hybridized carbons (Fsp3) is 0.632. The maximum atomic E-state index is 13.0. The Bertz CT molecular complexity index is 693. The van der Waals surface area contributed by atoms with E-state index in [0.29, 0.717) is 24.8 Å². The summed E-state index contributed by atoms with van der Waals surface area (Å²) in [5.74, 6) is -0.813. The second-order valence-electron chi connectivity index (χ2n) is 7.66. The number of hydrogen-bond donors (Lipinski definition) is 2. The Balaban J connectivity index is 2.20. The van der Waals surface area contributed by atoms with Crippen molar-refractivity contribution in [2.45, 2.75) is 56.8 Å². The largest absolute Gasteiger partial charge is 0.507 e. The SMILES string of the molecule is COCOC[C@@]1(CCc2ccc(O)c(C(F)(F)F)c2)CCC(C)(C)OC(=O)N1. The molecule has 1 amide bonds. The van der Waals surface area contributed by atoms with Crippen LogP contribution in [0.1, 0.15) is 44.2 Å². The number of benzene rings is 1. The Hall–Kier alpha value is -2.00. The fourth-order valence-electron chi connectivity index (χ4n) is 3.18. The van der Waals surface area contributed by atoms with Gasteiger partial charge < -0.3 is 24.6 Å². The van der Waals surface area contributed by atoms with Gasteiger partial charge >= 0.3 is 12.3 Å². The van der Waals surface area contributed by atoms with Crippen molar-refractivity contribution in [2.24, 2.45) is 0 Å². The predicted octanol–water partition coefficient (Wildman–Crippen LogP) is 4.00. The topological polar surface area (TPSA) is 77.0 Å². The van der Waals surface area contributed by atoms with Crippen LogP contribution < -0.4 is 5.32 Å². The molecule has 0 aliphatic carbocycles. The van der Waals surface area contributed by atoms with Gasteiger partial charge in [0.15, 0.2) is 0 Å². The van der Waals surface area contributed by atoms with E-state index in [-0.39, 0.29) is 19.8 Å². The number of phenolic OH excluding ortho intramolecular Hbond substituents is 1. The zero-order valence-corrected chi connectivity index (χ0v) is 16.2. The van der Waals surface area contributed by atoms with E-state index in [4.69, 9.17) is 14.2 Å². The lowest BCUT2D eigenvalue weighted by Crippen LogP contribution is -2.51. The van der Waals surface area contributed by atoms with Crippen LogP contribution in [0.3, 0.4) is 0 Å². The first-order valence-electron chi connectivity index (χ1n) is 8.93. The Morgan fingerprint density at radius 3 is 2.64 bits per heavy atom. The zero-order valence-electron chi connectivity index (χ0n) is 16.2. The Kier molecular flexibility index (Phi) is 6.82. The molecule has 158 valence electrons. The highest BCUT2D eigenvalue weighted by Gasteiger charge is 2.40. The summed E-state index contributed by atoms with van der Waals surface area (Å²) in [6, 6.07) is 3.40. The molecule has 1 atom stereocenters. The van der Waals surface area contributed by atoms with Crippen molar-refractivity contribution in [3.8, 4) is 5.75 Å². The molecule has 2 N–H and O–H groups in total. The number of methoxy groups -OCH3 is 1. The van der Waals surface area contributed by atoms with E-state index in [9.17, 15) is 23.1 Å². The average molecular weight is 405 g/mol. The van der Waals surface area contributed by atoms with E-state index in [2.05, 4.69) is 5.32 Å². The number of amides is 1. The smallest absolute Gasteiger partial charge is 0.419 e. The minimum Gasteiger partial charge on any atom is -0.507 e. The lowest BCUT2D eigenvalue weighted by Gasteiger charge is -2.32. The van der Waals surface area contributed by atoms with Crippen molar-refractivity contribution >= 4 is 6.09 Å². The van der Waals surface area contributed by atoms with Crippen LogP contribution in [0, 0.1) is 0 Å². The van der Waals surface area contributed by atoms with Gasteiger partial charge in [-0.05, 0) is 57.2 Å². The van der Waals surface area contributed by atoms with Gasteiger partial charge in [-0.3, -0.25) is 0 Å². The van der Waals surface area contributed by atoms with Crippen molar-refractivity contribution in [3.05, 3.63) is 29.3 Å². The lowest BCUT2D eigenvalue weighted by atomic mass is 9.84. The lowest BCUT2D eigenvalue weighted by molar-refractivity contribution is -0.138. The highest BCUT2D eigenvalue weighted by atomic mass is 19.4. The number of nitrogens with one attached hydrogen (secondary N) is 1. The molecular formula is C19H26F3NO5. The Morgan fingerprint density at radius 2 is 2.00 bits per heavy atom. The van der Waals surface area contributed by atoms with Gasteiger partial charge in [0, 0.05) is 7.11 Å². The zero-order chi connectivity index (χ0) is 21.0. The monoisotopic (exact) mass is 405 g/mol. The van der Waals surface area contributed by atoms with E-state index in [1.807, 2.05) is 0 Å². The van der Waals surface area contributed by atoms with Gasteiger partial charge in [0.2, 0.25) is 0 Å². The molecule has 28 heavy (non-hydrogen) atoms. The average Bonchev–Trinajstić information content (AvgIpc) is 2.69. The number of rotatable bonds is 7. The molecule has 0 saturated carbocycles. The summed E-state index contributed by atoms with van der Waals surface area (Å²) in [5.41, 5.74) is -2.15. The fourth-order valence-corrected chi connectivity index (χ4v) is 3.18. The molecular weight excluding hydrogens is 379 g/mol. The number of carbonyl (C=O) groups is 1. The van der Waals surface area contributed by atoms with Crippen LogP contribution >= 0.6 is 0 Å². The second-order valence-corrected chi connectivity index (χ2v) is 7.66. The van der Waals surface area contributed by atoms with Crippen molar-refractivity contribution in [2.75, 3.05) is 20.5 Å².